The fourth-order valence-corrected chi connectivity index (χ4v) is 3.79. The van der Waals surface area contributed by atoms with E-state index in [0.717, 1.165) is 0 Å². The minimum atomic E-state index is -0.605. The Morgan fingerprint density at radius 2 is 1.88 bits per heavy atom. The SMILES string of the molecule is CCOc1ccc(C(=O)NCC(=O)OCCCN2C(=O)CS/C2=C\C(=O)OC)cc1OCC. The van der Waals surface area contributed by atoms with Crippen molar-refractivity contribution >= 4 is 35.5 Å². The molecule has 0 bridgehead atoms. The Bertz CT molecular complexity index is 902. The van der Waals surface area contributed by atoms with Gasteiger partial charge in [-0.25, -0.2) is 4.79 Å². The van der Waals surface area contributed by atoms with Crippen molar-refractivity contribution in [2.45, 2.75) is 20.3 Å². The van der Waals surface area contributed by atoms with Gasteiger partial charge in [0.25, 0.3) is 5.91 Å². The zero-order valence-electron chi connectivity index (χ0n) is 18.9. The smallest absolute Gasteiger partial charge is 0.333 e. The van der Waals surface area contributed by atoms with Gasteiger partial charge in [0, 0.05) is 12.1 Å². The Hall–Kier alpha value is -3.21. The van der Waals surface area contributed by atoms with Gasteiger partial charge in [0.05, 0.1) is 43.8 Å². The Morgan fingerprint density at radius 1 is 1.15 bits per heavy atom. The lowest BCUT2D eigenvalue weighted by atomic mass is 10.2. The molecular weight excluding hydrogens is 452 g/mol. The number of hydrogen-bond donors (Lipinski definition) is 1. The van der Waals surface area contributed by atoms with E-state index in [9.17, 15) is 19.2 Å². The van der Waals surface area contributed by atoms with E-state index in [2.05, 4.69) is 10.1 Å². The summed E-state index contributed by atoms with van der Waals surface area (Å²) in [5.74, 6) is -0.499. The highest BCUT2D eigenvalue weighted by Gasteiger charge is 2.27. The third-order valence-corrected chi connectivity index (χ3v) is 5.37. The van der Waals surface area contributed by atoms with Crippen LogP contribution in [0.4, 0.5) is 0 Å². The van der Waals surface area contributed by atoms with Crippen LogP contribution in [-0.2, 0) is 23.9 Å². The molecule has 2 rings (SSSR count). The summed E-state index contributed by atoms with van der Waals surface area (Å²) in [7, 11) is 1.26. The number of hydrogen-bond acceptors (Lipinski definition) is 9. The number of ether oxygens (including phenoxy) is 4. The lowest BCUT2D eigenvalue weighted by Gasteiger charge is -2.16. The van der Waals surface area contributed by atoms with Crippen molar-refractivity contribution in [3.05, 3.63) is 34.9 Å². The van der Waals surface area contributed by atoms with Crippen LogP contribution in [0.3, 0.4) is 0 Å². The van der Waals surface area contributed by atoms with Crippen LogP contribution in [0.15, 0.2) is 29.3 Å². The largest absolute Gasteiger partial charge is 0.490 e. The summed E-state index contributed by atoms with van der Waals surface area (Å²) in [6.45, 7) is 4.61. The van der Waals surface area contributed by atoms with Gasteiger partial charge in [-0.2, -0.15) is 0 Å². The van der Waals surface area contributed by atoms with E-state index in [-0.39, 0.29) is 24.8 Å². The Kier molecular flexibility index (Phi) is 10.5. The van der Waals surface area contributed by atoms with E-state index in [4.69, 9.17) is 14.2 Å². The fourth-order valence-electron chi connectivity index (χ4n) is 2.84. The lowest BCUT2D eigenvalue weighted by Crippen LogP contribution is -2.31. The number of amides is 2. The first-order chi connectivity index (χ1) is 15.9. The van der Waals surface area contributed by atoms with Crippen LogP contribution < -0.4 is 14.8 Å². The highest BCUT2D eigenvalue weighted by Crippen LogP contribution is 2.29. The van der Waals surface area contributed by atoms with Gasteiger partial charge in [-0.3, -0.25) is 14.4 Å². The summed E-state index contributed by atoms with van der Waals surface area (Å²) in [4.78, 5) is 49.1. The molecule has 0 atom stereocenters. The first-order valence-electron chi connectivity index (χ1n) is 10.5. The number of carbonyl (C=O) groups is 4. The second kappa shape index (κ2) is 13.4. The van der Waals surface area contributed by atoms with Gasteiger partial charge < -0.3 is 29.2 Å². The molecule has 33 heavy (non-hydrogen) atoms. The van der Waals surface area contributed by atoms with Crippen LogP contribution in [0.25, 0.3) is 0 Å². The third-order valence-electron chi connectivity index (χ3n) is 4.34. The molecule has 180 valence electrons. The molecule has 1 heterocycles. The summed E-state index contributed by atoms with van der Waals surface area (Å²) in [5, 5.41) is 3.01. The van der Waals surface area contributed by atoms with Gasteiger partial charge in [0.15, 0.2) is 11.5 Å². The maximum atomic E-state index is 12.4. The van der Waals surface area contributed by atoms with Crippen molar-refractivity contribution < 1.29 is 38.1 Å². The average Bonchev–Trinajstić information content (AvgIpc) is 3.15. The van der Waals surface area contributed by atoms with Crippen molar-refractivity contribution in [2.24, 2.45) is 0 Å². The maximum Gasteiger partial charge on any atom is 0.333 e. The van der Waals surface area contributed by atoms with Gasteiger partial charge in [0.1, 0.15) is 6.54 Å². The third kappa shape index (κ3) is 8.01. The minimum Gasteiger partial charge on any atom is -0.490 e. The van der Waals surface area contributed by atoms with Crippen molar-refractivity contribution in [1.29, 1.82) is 0 Å². The molecule has 0 aliphatic carbocycles. The molecule has 2 amide bonds. The summed E-state index contributed by atoms with van der Waals surface area (Å²) < 4.78 is 20.7. The maximum absolute atomic E-state index is 12.4. The number of rotatable bonds is 12. The Balaban J connectivity index is 1.77. The predicted octanol–water partition coefficient (Wildman–Crippen LogP) is 1.74. The number of benzene rings is 1. The topological polar surface area (TPSA) is 120 Å². The molecule has 0 saturated carbocycles. The molecule has 0 radical (unpaired) electrons. The average molecular weight is 481 g/mol. The van der Waals surface area contributed by atoms with Crippen molar-refractivity contribution in [3.63, 3.8) is 0 Å². The van der Waals surface area contributed by atoms with E-state index >= 15 is 0 Å². The standard InChI is InChI=1S/C22H28N2O8S/c1-4-30-16-8-7-15(11-17(16)31-5-2)22(28)23-13-21(27)32-10-6-9-24-18(25)14-33-19(24)12-20(26)29-3/h7-8,11-12H,4-6,9-10,13-14H2,1-3H3,(H,23,28)/b19-12-. The first-order valence-corrected chi connectivity index (χ1v) is 11.4. The van der Waals surface area contributed by atoms with Gasteiger partial charge >= 0.3 is 11.9 Å². The zero-order valence-corrected chi connectivity index (χ0v) is 19.7. The molecule has 1 fully saturated rings. The quantitative estimate of drug-likeness (QED) is 0.271. The van der Waals surface area contributed by atoms with E-state index in [1.165, 1.54) is 29.8 Å². The molecule has 0 unspecified atom stereocenters. The van der Waals surface area contributed by atoms with Gasteiger partial charge in [-0.1, -0.05) is 11.8 Å². The lowest BCUT2D eigenvalue weighted by molar-refractivity contribution is -0.142. The van der Waals surface area contributed by atoms with Crippen LogP contribution in [0, 0.1) is 0 Å². The summed E-state index contributed by atoms with van der Waals surface area (Å²) in [6.07, 6.45) is 1.64. The molecule has 1 aromatic rings. The van der Waals surface area contributed by atoms with Crippen LogP contribution in [0.1, 0.15) is 30.6 Å². The highest BCUT2D eigenvalue weighted by molar-refractivity contribution is 8.04. The summed E-state index contributed by atoms with van der Waals surface area (Å²) in [5.41, 5.74) is 0.324. The number of carbonyl (C=O) groups excluding carboxylic acids is 4. The Labute approximate surface area is 196 Å². The van der Waals surface area contributed by atoms with Gasteiger partial charge in [0.2, 0.25) is 5.91 Å². The van der Waals surface area contributed by atoms with Crippen LogP contribution in [0.5, 0.6) is 11.5 Å². The van der Waals surface area contributed by atoms with Crippen LogP contribution in [0.2, 0.25) is 0 Å². The molecule has 11 heteroatoms. The first kappa shape index (κ1) is 26.0. The monoisotopic (exact) mass is 480 g/mol. The van der Waals surface area contributed by atoms with Crippen molar-refractivity contribution in [2.75, 3.05) is 45.8 Å². The predicted molar refractivity (Wildman–Crippen MR) is 121 cm³/mol. The van der Waals surface area contributed by atoms with E-state index < -0.39 is 17.8 Å². The molecule has 0 aromatic heterocycles. The highest BCUT2D eigenvalue weighted by atomic mass is 32.2. The number of thioether (sulfide) groups is 1. The molecule has 1 aliphatic heterocycles. The Morgan fingerprint density at radius 3 is 2.58 bits per heavy atom. The van der Waals surface area contributed by atoms with Crippen molar-refractivity contribution in [3.8, 4) is 11.5 Å². The van der Waals surface area contributed by atoms with E-state index in [1.807, 2.05) is 13.8 Å². The van der Waals surface area contributed by atoms with E-state index in [0.29, 0.717) is 48.3 Å². The van der Waals surface area contributed by atoms with Crippen LogP contribution in [-0.4, -0.2) is 74.4 Å². The summed E-state index contributed by atoms with van der Waals surface area (Å²) >= 11 is 1.25. The minimum absolute atomic E-state index is 0.0617. The summed E-state index contributed by atoms with van der Waals surface area (Å²) in [6, 6.07) is 4.78. The normalized spacial score (nSPS) is 14.2. The van der Waals surface area contributed by atoms with Crippen LogP contribution >= 0.6 is 11.8 Å². The molecule has 0 spiro atoms. The second-order valence-electron chi connectivity index (χ2n) is 6.62. The molecule has 1 N–H and O–H groups in total. The number of esters is 2. The molecule has 1 aromatic carbocycles. The van der Waals surface area contributed by atoms with E-state index in [1.54, 1.807) is 18.2 Å². The fraction of sp³-hybridized carbons (Fsp3) is 0.455. The van der Waals surface area contributed by atoms with Gasteiger partial charge in [-0.15, -0.1) is 0 Å². The number of nitrogens with zero attached hydrogens (tertiary/aromatic N) is 1. The van der Waals surface area contributed by atoms with Crippen molar-refractivity contribution in [1.82, 2.24) is 10.2 Å². The number of nitrogens with one attached hydrogen (secondary N) is 1. The van der Waals surface area contributed by atoms with Gasteiger partial charge in [-0.05, 0) is 38.5 Å². The number of methoxy groups -OCH3 is 1. The molecule has 10 nitrogen and oxygen atoms in total. The molecular formula is C22H28N2O8S. The zero-order chi connectivity index (χ0) is 24.2. The molecule has 1 saturated heterocycles. The molecule has 1 aliphatic rings. The second-order valence-corrected chi connectivity index (χ2v) is 7.62.